The van der Waals surface area contributed by atoms with Crippen LogP contribution in [-0.4, -0.2) is 49.3 Å². The molecule has 1 aliphatic heterocycles. The van der Waals surface area contributed by atoms with E-state index in [9.17, 15) is 4.79 Å². The summed E-state index contributed by atoms with van der Waals surface area (Å²) in [6, 6.07) is 11.6. The average molecular weight is 369 g/mol. The average Bonchev–Trinajstić information content (AvgIpc) is 2.73. The number of carbonyl (C=O) groups excluding carboxylic acids is 1. The minimum Gasteiger partial charge on any atom is -0.497 e. The molecule has 0 unspecified atom stereocenters. The van der Waals surface area contributed by atoms with Gasteiger partial charge in [-0.2, -0.15) is 0 Å². The molecular formula is C21H27N3O3. The molecule has 2 aromatic rings. The molecule has 1 N–H and O–H groups in total. The van der Waals surface area contributed by atoms with Crippen molar-refractivity contribution in [2.75, 3.05) is 33.4 Å². The summed E-state index contributed by atoms with van der Waals surface area (Å²) in [5, 5.41) is 3.02. The van der Waals surface area contributed by atoms with Gasteiger partial charge in [-0.05, 0) is 49.1 Å². The molecule has 6 heteroatoms. The van der Waals surface area contributed by atoms with Crippen molar-refractivity contribution >= 4 is 6.03 Å². The van der Waals surface area contributed by atoms with Gasteiger partial charge in [0.05, 0.1) is 13.7 Å². The summed E-state index contributed by atoms with van der Waals surface area (Å²) < 4.78 is 11.1. The van der Waals surface area contributed by atoms with E-state index < -0.39 is 0 Å². The SMILES string of the molecule is COc1cccc(OC[C@@H]2CCCN(C(=O)NCCc3ccncc3)C2)c1. The number of hydrogen-bond acceptors (Lipinski definition) is 4. The number of urea groups is 1. The van der Waals surface area contributed by atoms with E-state index in [4.69, 9.17) is 9.47 Å². The van der Waals surface area contributed by atoms with Crippen molar-refractivity contribution in [2.24, 2.45) is 5.92 Å². The van der Waals surface area contributed by atoms with Crippen LogP contribution in [0.15, 0.2) is 48.8 Å². The summed E-state index contributed by atoms with van der Waals surface area (Å²) in [5.41, 5.74) is 1.17. The van der Waals surface area contributed by atoms with E-state index in [0.29, 0.717) is 19.1 Å². The smallest absolute Gasteiger partial charge is 0.317 e. The summed E-state index contributed by atoms with van der Waals surface area (Å²) in [6.45, 7) is 2.76. The van der Waals surface area contributed by atoms with Gasteiger partial charge in [-0.15, -0.1) is 0 Å². The van der Waals surface area contributed by atoms with E-state index in [1.807, 2.05) is 41.3 Å². The summed E-state index contributed by atoms with van der Waals surface area (Å²) in [5.74, 6) is 1.93. The van der Waals surface area contributed by atoms with Crippen LogP contribution in [0.3, 0.4) is 0 Å². The number of aromatic nitrogens is 1. The van der Waals surface area contributed by atoms with Crippen LogP contribution < -0.4 is 14.8 Å². The fraction of sp³-hybridized carbons (Fsp3) is 0.429. The molecule has 0 spiro atoms. The summed E-state index contributed by atoms with van der Waals surface area (Å²) >= 11 is 0. The molecule has 27 heavy (non-hydrogen) atoms. The van der Waals surface area contributed by atoms with Crippen molar-refractivity contribution in [3.63, 3.8) is 0 Å². The van der Waals surface area contributed by atoms with Crippen molar-refractivity contribution < 1.29 is 14.3 Å². The molecule has 1 fully saturated rings. The number of ether oxygens (including phenoxy) is 2. The minimum absolute atomic E-state index is 0.00939. The van der Waals surface area contributed by atoms with Crippen LogP contribution in [0.25, 0.3) is 0 Å². The number of benzene rings is 1. The van der Waals surface area contributed by atoms with Gasteiger partial charge in [-0.3, -0.25) is 4.98 Å². The molecular weight excluding hydrogens is 342 g/mol. The van der Waals surface area contributed by atoms with Crippen molar-refractivity contribution in [3.05, 3.63) is 54.4 Å². The van der Waals surface area contributed by atoms with Gasteiger partial charge < -0.3 is 19.7 Å². The van der Waals surface area contributed by atoms with Gasteiger partial charge in [0.1, 0.15) is 11.5 Å². The van der Waals surface area contributed by atoms with Gasteiger partial charge in [-0.1, -0.05) is 6.07 Å². The number of methoxy groups -OCH3 is 1. The molecule has 1 saturated heterocycles. The highest BCUT2D eigenvalue weighted by Crippen LogP contribution is 2.22. The molecule has 2 amide bonds. The standard InChI is InChI=1S/C21H27N3O3/c1-26-19-5-2-6-20(14-19)27-16-18-4-3-13-24(15-18)21(25)23-12-9-17-7-10-22-11-8-17/h2,5-8,10-11,14,18H,3-4,9,12-13,15-16H2,1H3,(H,23,25)/t18-/m1/s1. The molecule has 0 radical (unpaired) electrons. The molecule has 1 atom stereocenters. The van der Waals surface area contributed by atoms with Crippen LogP contribution in [0.1, 0.15) is 18.4 Å². The van der Waals surface area contributed by atoms with Crippen molar-refractivity contribution in [1.82, 2.24) is 15.2 Å². The first-order valence-corrected chi connectivity index (χ1v) is 9.43. The second-order valence-electron chi connectivity index (χ2n) is 6.78. The predicted octanol–water partition coefficient (Wildman–Crippen LogP) is 3.13. The van der Waals surface area contributed by atoms with Crippen LogP contribution >= 0.6 is 0 Å². The monoisotopic (exact) mass is 369 g/mol. The van der Waals surface area contributed by atoms with Crippen molar-refractivity contribution in [2.45, 2.75) is 19.3 Å². The first kappa shape index (κ1) is 19.0. The highest BCUT2D eigenvalue weighted by atomic mass is 16.5. The van der Waals surface area contributed by atoms with Gasteiger partial charge in [0.2, 0.25) is 0 Å². The normalized spacial score (nSPS) is 16.6. The van der Waals surface area contributed by atoms with Gasteiger partial charge in [-0.25, -0.2) is 4.79 Å². The molecule has 0 aliphatic carbocycles. The molecule has 144 valence electrons. The molecule has 2 heterocycles. The Balaban J connectivity index is 1.42. The lowest BCUT2D eigenvalue weighted by atomic mass is 9.99. The molecule has 6 nitrogen and oxygen atoms in total. The minimum atomic E-state index is 0.00939. The number of amides is 2. The number of rotatable bonds is 7. The lowest BCUT2D eigenvalue weighted by Crippen LogP contribution is -2.47. The first-order valence-electron chi connectivity index (χ1n) is 9.43. The Bertz CT molecular complexity index is 724. The molecule has 3 rings (SSSR count). The fourth-order valence-electron chi connectivity index (χ4n) is 3.27. The van der Waals surface area contributed by atoms with Crippen LogP contribution in [0.5, 0.6) is 11.5 Å². The number of nitrogens with zero attached hydrogens (tertiary/aromatic N) is 2. The number of likely N-dealkylation sites (tertiary alicyclic amines) is 1. The Hall–Kier alpha value is -2.76. The van der Waals surface area contributed by atoms with Crippen molar-refractivity contribution in [1.29, 1.82) is 0 Å². The Morgan fingerprint density at radius 2 is 2.07 bits per heavy atom. The third-order valence-corrected chi connectivity index (χ3v) is 4.77. The molecule has 0 bridgehead atoms. The maximum absolute atomic E-state index is 12.4. The van der Waals surface area contributed by atoms with Crippen LogP contribution in [0, 0.1) is 5.92 Å². The van der Waals surface area contributed by atoms with Gasteiger partial charge in [0.25, 0.3) is 0 Å². The van der Waals surface area contributed by atoms with Crippen LogP contribution in [-0.2, 0) is 6.42 Å². The van der Waals surface area contributed by atoms with E-state index >= 15 is 0 Å². The lowest BCUT2D eigenvalue weighted by Gasteiger charge is -2.32. The second kappa shape index (κ2) is 9.80. The lowest BCUT2D eigenvalue weighted by molar-refractivity contribution is 0.137. The summed E-state index contributed by atoms with van der Waals surface area (Å²) in [4.78, 5) is 18.3. The highest BCUT2D eigenvalue weighted by molar-refractivity contribution is 5.74. The maximum Gasteiger partial charge on any atom is 0.317 e. The predicted molar refractivity (Wildman–Crippen MR) is 104 cm³/mol. The van der Waals surface area contributed by atoms with Crippen LogP contribution in [0.2, 0.25) is 0 Å². The zero-order valence-electron chi connectivity index (χ0n) is 15.8. The topological polar surface area (TPSA) is 63.7 Å². The quantitative estimate of drug-likeness (QED) is 0.814. The van der Waals surface area contributed by atoms with E-state index in [1.165, 1.54) is 5.56 Å². The zero-order chi connectivity index (χ0) is 18.9. The van der Waals surface area contributed by atoms with Gasteiger partial charge >= 0.3 is 6.03 Å². The van der Waals surface area contributed by atoms with E-state index in [2.05, 4.69) is 10.3 Å². The van der Waals surface area contributed by atoms with E-state index in [0.717, 1.165) is 43.9 Å². The molecule has 1 aromatic carbocycles. The third kappa shape index (κ3) is 5.88. The van der Waals surface area contributed by atoms with Gasteiger partial charge in [0, 0.05) is 44.0 Å². The number of pyridine rings is 1. The molecule has 1 aliphatic rings. The Labute approximate surface area is 160 Å². The zero-order valence-corrected chi connectivity index (χ0v) is 15.8. The summed E-state index contributed by atoms with van der Waals surface area (Å²) in [6.07, 6.45) is 6.43. The van der Waals surface area contributed by atoms with E-state index in [1.54, 1.807) is 19.5 Å². The third-order valence-electron chi connectivity index (χ3n) is 4.77. The van der Waals surface area contributed by atoms with Crippen molar-refractivity contribution in [3.8, 4) is 11.5 Å². The largest absolute Gasteiger partial charge is 0.497 e. The summed E-state index contributed by atoms with van der Waals surface area (Å²) in [7, 11) is 1.64. The van der Waals surface area contributed by atoms with Crippen LogP contribution in [0.4, 0.5) is 4.79 Å². The van der Waals surface area contributed by atoms with E-state index in [-0.39, 0.29) is 6.03 Å². The Kier molecular flexibility index (Phi) is 6.90. The molecule has 1 aromatic heterocycles. The number of carbonyl (C=O) groups is 1. The number of piperidine rings is 1. The maximum atomic E-state index is 12.4. The Morgan fingerprint density at radius 3 is 2.89 bits per heavy atom. The number of hydrogen-bond donors (Lipinski definition) is 1. The van der Waals surface area contributed by atoms with Gasteiger partial charge in [0.15, 0.2) is 0 Å². The molecule has 0 saturated carbocycles. The first-order chi connectivity index (χ1) is 13.2. The highest BCUT2D eigenvalue weighted by Gasteiger charge is 2.24. The Morgan fingerprint density at radius 1 is 1.26 bits per heavy atom. The fourth-order valence-corrected chi connectivity index (χ4v) is 3.27. The number of nitrogens with one attached hydrogen (secondary N) is 1. The second-order valence-corrected chi connectivity index (χ2v) is 6.78.